The van der Waals surface area contributed by atoms with Gasteiger partial charge in [-0.15, -0.1) is 0 Å². The minimum absolute atomic E-state index is 0.0292. The van der Waals surface area contributed by atoms with Crippen molar-refractivity contribution in [3.63, 3.8) is 0 Å². The highest BCUT2D eigenvalue weighted by atomic mass is 16.2. The smallest absolute Gasteiger partial charge is 0.237 e. The lowest BCUT2D eigenvalue weighted by molar-refractivity contribution is -0.134. The number of rotatable bonds is 3. The molecule has 1 aliphatic heterocycles. The van der Waals surface area contributed by atoms with Gasteiger partial charge in [-0.3, -0.25) is 9.59 Å². The molecule has 0 N–H and O–H groups in total. The van der Waals surface area contributed by atoms with Gasteiger partial charge in [-0.05, 0) is 33.3 Å². The maximum atomic E-state index is 11.9. The number of carbonyl (C=O) groups is 2. The van der Waals surface area contributed by atoms with Crippen molar-refractivity contribution in [2.24, 2.45) is 5.92 Å². The Morgan fingerprint density at radius 2 is 2.13 bits per heavy atom. The van der Waals surface area contributed by atoms with Gasteiger partial charge in [0, 0.05) is 12.2 Å². The normalized spacial score (nSPS) is 22.9. The first-order valence-electron chi connectivity index (χ1n) is 5.22. The molecule has 0 saturated carbocycles. The molecule has 0 aromatic heterocycles. The Bertz CT molecular complexity index is 329. The third-order valence-corrected chi connectivity index (χ3v) is 2.64. The van der Waals surface area contributed by atoms with Gasteiger partial charge in [0.2, 0.25) is 5.91 Å². The van der Waals surface area contributed by atoms with Gasteiger partial charge in [0.05, 0.1) is 5.92 Å². The highest BCUT2D eigenvalue weighted by Crippen LogP contribution is 2.23. The molecule has 0 spiro atoms. The number of hydrogen-bond acceptors (Lipinski definition) is 2. The predicted octanol–water partition coefficient (Wildman–Crippen LogP) is 1.90. The summed E-state index contributed by atoms with van der Waals surface area (Å²) in [6.07, 6.45) is 6.31. The first-order valence-corrected chi connectivity index (χ1v) is 5.22. The van der Waals surface area contributed by atoms with Gasteiger partial charge >= 0.3 is 0 Å². The lowest BCUT2D eigenvalue weighted by atomic mass is 10.0. The molecule has 1 rings (SSSR count). The highest BCUT2D eigenvalue weighted by molar-refractivity contribution is 6.02. The van der Waals surface area contributed by atoms with Gasteiger partial charge in [-0.2, -0.15) is 0 Å². The Balaban J connectivity index is 2.83. The molecule has 1 atom stereocenters. The number of nitrogens with zero attached hydrogens (tertiary/aromatic N) is 1. The van der Waals surface area contributed by atoms with Crippen molar-refractivity contribution in [2.75, 3.05) is 6.54 Å². The first-order chi connectivity index (χ1) is 7.11. The zero-order valence-electron chi connectivity index (χ0n) is 9.49. The Hall–Kier alpha value is -1.38. The summed E-state index contributed by atoms with van der Waals surface area (Å²) in [4.78, 5) is 24.7. The number of likely N-dealkylation sites (tertiary alicyclic amines) is 1. The van der Waals surface area contributed by atoms with Crippen molar-refractivity contribution in [2.45, 2.75) is 27.2 Å². The molecule has 3 heteroatoms. The summed E-state index contributed by atoms with van der Waals surface area (Å²) in [6.45, 7) is 5.93. The van der Waals surface area contributed by atoms with Gasteiger partial charge in [-0.25, -0.2) is 0 Å². The number of carbonyl (C=O) groups excluding carboxylic acids is 2. The van der Waals surface area contributed by atoms with E-state index in [0.717, 1.165) is 5.70 Å². The van der Waals surface area contributed by atoms with E-state index in [4.69, 9.17) is 0 Å². The summed E-state index contributed by atoms with van der Waals surface area (Å²) in [7, 11) is 0. The number of Topliss-reactive ketones (excluding diaryl/α,β-unsaturated/α-hetero) is 1. The largest absolute Gasteiger partial charge is 0.312 e. The average molecular weight is 207 g/mol. The Morgan fingerprint density at radius 1 is 1.47 bits per heavy atom. The van der Waals surface area contributed by atoms with Crippen LogP contribution in [0.1, 0.15) is 27.2 Å². The Labute approximate surface area is 90.5 Å². The van der Waals surface area contributed by atoms with Gasteiger partial charge < -0.3 is 4.90 Å². The molecule has 3 nitrogen and oxygen atoms in total. The summed E-state index contributed by atoms with van der Waals surface area (Å²) in [5.41, 5.74) is 0.881. The van der Waals surface area contributed by atoms with Crippen LogP contribution >= 0.6 is 0 Å². The third-order valence-electron chi connectivity index (χ3n) is 2.64. The third kappa shape index (κ3) is 2.35. The molecule has 1 unspecified atom stereocenters. The molecule has 1 saturated heterocycles. The second kappa shape index (κ2) is 4.91. The molecular weight excluding hydrogens is 190 g/mol. The van der Waals surface area contributed by atoms with Crippen LogP contribution in [0, 0.1) is 5.92 Å². The van der Waals surface area contributed by atoms with Crippen molar-refractivity contribution in [1.82, 2.24) is 4.90 Å². The van der Waals surface area contributed by atoms with E-state index in [2.05, 4.69) is 0 Å². The number of allylic oxidation sites excluding steroid dienone is 3. The monoisotopic (exact) mass is 207 g/mol. The molecular formula is C12H17NO2. The molecule has 1 amide bonds. The quantitative estimate of drug-likeness (QED) is 0.523. The lowest BCUT2D eigenvalue weighted by Crippen LogP contribution is -2.28. The van der Waals surface area contributed by atoms with Crippen molar-refractivity contribution < 1.29 is 9.59 Å². The van der Waals surface area contributed by atoms with E-state index in [-0.39, 0.29) is 11.7 Å². The van der Waals surface area contributed by atoms with Gasteiger partial charge in [0.1, 0.15) is 5.78 Å². The molecule has 0 aromatic carbocycles. The lowest BCUT2D eigenvalue weighted by Gasteiger charge is -2.17. The van der Waals surface area contributed by atoms with Crippen LogP contribution in [0.4, 0.5) is 0 Å². The van der Waals surface area contributed by atoms with Crippen LogP contribution in [-0.2, 0) is 9.59 Å². The van der Waals surface area contributed by atoms with Crippen LogP contribution in [-0.4, -0.2) is 23.1 Å². The molecule has 1 heterocycles. The molecule has 1 aliphatic rings. The van der Waals surface area contributed by atoms with E-state index in [1.165, 1.54) is 6.92 Å². The van der Waals surface area contributed by atoms with Crippen LogP contribution in [0.5, 0.6) is 0 Å². The van der Waals surface area contributed by atoms with Crippen LogP contribution in [0.25, 0.3) is 0 Å². The summed E-state index contributed by atoms with van der Waals surface area (Å²) < 4.78 is 0. The molecule has 0 aliphatic carbocycles. The van der Waals surface area contributed by atoms with Crippen molar-refractivity contribution in [3.05, 3.63) is 23.9 Å². The van der Waals surface area contributed by atoms with E-state index in [1.807, 2.05) is 32.1 Å². The van der Waals surface area contributed by atoms with Crippen molar-refractivity contribution in [3.8, 4) is 0 Å². The van der Waals surface area contributed by atoms with E-state index < -0.39 is 5.92 Å². The summed E-state index contributed by atoms with van der Waals surface area (Å²) >= 11 is 0. The SMILES string of the molecule is C/C=C\C(=C/C)N1CCC(C(C)=O)C1=O. The van der Waals surface area contributed by atoms with Gasteiger partial charge in [0.25, 0.3) is 0 Å². The minimum atomic E-state index is -0.426. The fourth-order valence-electron chi connectivity index (χ4n) is 1.83. The first kappa shape index (κ1) is 11.7. The van der Waals surface area contributed by atoms with Crippen LogP contribution < -0.4 is 0 Å². The van der Waals surface area contributed by atoms with Gasteiger partial charge in [0.15, 0.2) is 0 Å². The highest BCUT2D eigenvalue weighted by Gasteiger charge is 2.35. The molecule has 0 aromatic rings. The van der Waals surface area contributed by atoms with E-state index in [0.29, 0.717) is 13.0 Å². The molecule has 15 heavy (non-hydrogen) atoms. The minimum Gasteiger partial charge on any atom is -0.312 e. The van der Waals surface area contributed by atoms with Gasteiger partial charge in [-0.1, -0.05) is 12.2 Å². The van der Waals surface area contributed by atoms with Crippen LogP contribution in [0.2, 0.25) is 0 Å². The maximum absolute atomic E-state index is 11.9. The number of ketones is 1. The number of amides is 1. The predicted molar refractivity (Wildman–Crippen MR) is 59.1 cm³/mol. The Morgan fingerprint density at radius 3 is 2.53 bits per heavy atom. The standard InChI is InChI=1S/C12H17NO2/c1-4-6-10(5-2)13-8-7-11(9(3)14)12(13)15/h4-6,11H,7-8H2,1-3H3/b6-4-,10-5+. The zero-order valence-corrected chi connectivity index (χ0v) is 9.49. The zero-order chi connectivity index (χ0) is 11.4. The van der Waals surface area contributed by atoms with E-state index in [9.17, 15) is 9.59 Å². The molecule has 0 radical (unpaired) electrons. The molecule has 0 bridgehead atoms. The maximum Gasteiger partial charge on any atom is 0.237 e. The van der Waals surface area contributed by atoms with E-state index in [1.54, 1.807) is 4.90 Å². The second-order valence-electron chi connectivity index (χ2n) is 3.66. The molecule has 1 fully saturated rings. The fraction of sp³-hybridized carbons (Fsp3) is 0.500. The average Bonchev–Trinajstić information content (AvgIpc) is 2.57. The van der Waals surface area contributed by atoms with Crippen LogP contribution in [0.15, 0.2) is 23.9 Å². The summed E-state index contributed by atoms with van der Waals surface area (Å²) in [5, 5.41) is 0. The topological polar surface area (TPSA) is 37.4 Å². The number of hydrogen-bond donors (Lipinski definition) is 0. The second-order valence-corrected chi connectivity index (χ2v) is 3.66. The Kier molecular flexibility index (Phi) is 3.83. The molecule has 82 valence electrons. The summed E-state index contributed by atoms with van der Waals surface area (Å²) in [6, 6.07) is 0. The van der Waals surface area contributed by atoms with Crippen molar-refractivity contribution in [1.29, 1.82) is 0 Å². The van der Waals surface area contributed by atoms with Crippen molar-refractivity contribution >= 4 is 11.7 Å². The van der Waals surface area contributed by atoms with Crippen LogP contribution in [0.3, 0.4) is 0 Å². The summed E-state index contributed by atoms with van der Waals surface area (Å²) in [5.74, 6) is -0.516. The fourth-order valence-corrected chi connectivity index (χ4v) is 1.83. The van der Waals surface area contributed by atoms with E-state index >= 15 is 0 Å².